The molecule has 23 heavy (non-hydrogen) atoms. The lowest BCUT2D eigenvalue weighted by atomic mass is 9.92. The number of nitrogens with zero attached hydrogens (tertiary/aromatic N) is 3. The van der Waals surface area contributed by atoms with Crippen molar-refractivity contribution in [2.45, 2.75) is 66.0 Å². The maximum Gasteiger partial charge on any atom is 0.220 e. The molecule has 0 spiro atoms. The molecule has 2 N–H and O–H groups in total. The monoisotopic (exact) mass is 320 g/mol. The average Bonchev–Trinajstić information content (AvgIpc) is 2.75. The predicted octanol–water partition coefficient (Wildman–Crippen LogP) is 1.87. The van der Waals surface area contributed by atoms with Gasteiger partial charge in [-0.05, 0) is 38.7 Å². The Balaban J connectivity index is 2.57. The van der Waals surface area contributed by atoms with E-state index in [1.807, 2.05) is 32.4 Å². The molecule has 1 aromatic rings. The summed E-state index contributed by atoms with van der Waals surface area (Å²) in [5, 5.41) is 26.0. The second-order valence-electron chi connectivity index (χ2n) is 6.57. The molecule has 1 heterocycles. The van der Waals surface area contributed by atoms with Gasteiger partial charge in [0, 0.05) is 18.7 Å². The zero-order valence-corrected chi connectivity index (χ0v) is 14.8. The highest BCUT2D eigenvalue weighted by Crippen LogP contribution is 2.16. The van der Waals surface area contributed by atoms with Crippen molar-refractivity contribution in [1.82, 2.24) is 15.1 Å². The molecule has 6 nitrogen and oxygen atoms in total. The topological polar surface area (TPSA) is 90.9 Å². The zero-order valence-electron chi connectivity index (χ0n) is 14.8. The number of aromatic nitrogens is 2. The second kappa shape index (κ2) is 8.11. The van der Waals surface area contributed by atoms with E-state index >= 15 is 0 Å². The van der Waals surface area contributed by atoms with Crippen LogP contribution in [-0.4, -0.2) is 32.9 Å². The van der Waals surface area contributed by atoms with Gasteiger partial charge in [0.25, 0.3) is 0 Å². The Bertz CT molecular complexity index is 582. The molecule has 1 rings (SSSR count). The Kier molecular flexibility index (Phi) is 6.77. The number of nitrogens with one attached hydrogen (secondary N) is 1. The van der Waals surface area contributed by atoms with Gasteiger partial charge in [-0.3, -0.25) is 9.48 Å². The van der Waals surface area contributed by atoms with Gasteiger partial charge in [0.1, 0.15) is 0 Å². The summed E-state index contributed by atoms with van der Waals surface area (Å²) in [5.41, 5.74) is 2.08. The molecule has 0 aliphatic rings. The maximum absolute atomic E-state index is 12.0. The first-order valence-corrected chi connectivity index (χ1v) is 8.08. The third-order valence-corrected chi connectivity index (χ3v) is 4.46. The lowest BCUT2D eigenvalue weighted by molar-refractivity contribution is -0.122. The van der Waals surface area contributed by atoms with Gasteiger partial charge < -0.3 is 10.4 Å². The summed E-state index contributed by atoms with van der Waals surface area (Å²) in [6.07, 6.45) is 1.39. The highest BCUT2D eigenvalue weighted by molar-refractivity contribution is 5.76. The molecule has 1 atom stereocenters. The zero-order chi connectivity index (χ0) is 17.6. The van der Waals surface area contributed by atoms with Crippen molar-refractivity contribution < 1.29 is 9.90 Å². The maximum atomic E-state index is 12.0. The molecule has 0 aromatic carbocycles. The highest BCUT2D eigenvalue weighted by Gasteiger charge is 2.25. The van der Waals surface area contributed by atoms with E-state index in [4.69, 9.17) is 5.26 Å². The third kappa shape index (κ3) is 5.36. The van der Waals surface area contributed by atoms with Crippen molar-refractivity contribution in [3.8, 4) is 6.07 Å². The van der Waals surface area contributed by atoms with Gasteiger partial charge in [-0.1, -0.05) is 13.8 Å². The van der Waals surface area contributed by atoms with Crippen LogP contribution in [0, 0.1) is 31.1 Å². The van der Waals surface area contributed by atoms with Crippen LogP contribution in [0.3, 0.4) is 0 Å². The van der Waals surface area contributed by atoms with Crippen molar-refractivity contribution in [1.29, 1.82) is 5.26 Å². The molecule has 0 fully saturated rings. The first-order chi connectivity index (χ1) is 10.7. The Morgan fingerprint density at radius 1 is 1.48 bits per heavy atom. The molecule has 1 amide bonds. The lowest BCUT2D eigenvalue weighted by Crippen LogP contribution is -2.44. The first-order valence-electron chi connectivity index (χ1n) is 8.08. The number of aliphatic hydroxyl groups is 1. The van der Waals surface area contributed by atoms with E-state index in [-0.39, 0.29) is 18.4 Å². The second-order valence-corrected chi connectivity index (χ2v) is 6.57. The molecule has 128 valence electrons. The van der Waals surface area contributed by atoms with Crippen LogP contribution in [0.5, 0.6) is 0 Å². The molecule has 1 unspecified atom stereocenters. The van der Waals surface area contributed by atoms with Crippen LogP contribution < -0.4 is 5.32 Å². The minimum absolute atomic E-state index is 0.0745. The Hall–Kier alpha value is -1.87. The van der Waals surface area contributed by atoms with Crippen LogP contribution in [0.4, 0.5) is 0 Å². The first kappa shape index (κ1) is 19.2. The fourth-order valence-electron chi connectivity index (χ4n) is 2.28. The van der Waals surface area contributed by atoms with E-state index in [1.54, 1.807) is 6.92 Å². The quantitative estimate of drug-likeness (QED) is 0.765. The normalized spacial score (nSPS) is 13.7. The molecule has 0 aliphatic carbocycles. The summed E-state index contributed by atoms with van der Waals surface area (Å²) < 4.78 is 1.83. The fraction of sp³-hybridized carbons (Fsp3) is 0.706. The van der Waals surface area contributed by atoms with Gasteiger partial charge in [-0.2, -0.15) is 10.4 Å². The van der Waals surface area contributed by atoms with E-state index in [1.165, 1.54) is 0 Å². The lowest BCUT2D eigenvalue weighted by Gasteiger charge is -2.27. The number of hydrogen-bond acceptors (Lipinski definition) is 4. The van der Waals surface area contributed by atoms with Crippen molar-refractivity contribution in [2.24, 2.45) is 5.92 Å². The summed E-state index contributed by atoms with van der Waals surface area (Å²) in [7, 11) is 0. The minimum Gasteiger partial charge on any atom is -0.388 e. The Labute approximate surface area is 138 Å². The number of amides is 1. The smallest absolute Gasteiger partial charge is 0.220 e. The summed E-state index contributed by atoms with van der Waals surface area (Å²) in [6, 6.07) is 2.11. The van der Waals surface area contributed by atoms with Gasteiger partial charge >= 0.3 is 0 Å². The van der Waals surface area contributed by atoms with Crippen molar-refractivity contribution >= 4 is 5.91 Å². The van der Waals surface area contributed by atoms with Gasteiger partial charge in [0.15, 0.2) is 0 Å². The molecular weight excluding hydrogens is 292 g/mol. The minimum atomic E-state index is -0.899. The summed E-state index contributed by atoms with van der Waals surface area (Å²) in [5.74, 6) is 0.000144. The number of hydrogen-bond donors (Lipinski definition) is 2. The van der Waals surface area contributed by atoms with Crippen molar-refractivity contribution in [3.05, 3.63) is 17.0 Å². The number of rotatable bonds is 8. The average molecular weight is 320 g/mol. The van der Waals surface area contributed by atoms with Crippen LogP contribution in [0.2, 0.25) is 0 Å². The Morgan fingerprint density at radius 3 is 2.70 bits per heavy atom. The van der Waals surface area contributed by atoms with Crippen LogP contribution in [0.15, 0.2) is 0 Å². The van der Waals surface area contributed by atoms with Crippen LogP contribution in [0.25, 0.3) is 0 Å². The number of carbonyl (C=O) groups excluding carboxylic acids is 1. The van der Waals surface area contributed by atoms with Crippen molar-refractivity contribution in [2.75, 3.05) is 6.54 Å². The van der Waals surface area contributed by atoms with Gasteiger partial charge in [-0.15, -0.1) is 0 Å². The summed E-state index contributed by atoms with van der Waals surface area (Å²) >= 11 is 0. The highest BCUT2D eigenvalue weighted by atomic mass is 16.3. The van der Waals surface area contributed by atoms with E-state index in [0.717, 1.165) is 17.0 Å². The largest absolute Gasteiger partial charge is 0.388 e. The molecule has 0 aliphatic heterocycles. The molecule has 0 radical (unpaired) electrons. The van der Waals surface area contributed by atoms with Crippen LogP contribution in [0.1, 0.15) is 50.6 Å². The number of carbonyl (C=O) groups is 1. The van der Waals surface area contributed by atoms with E-state index in [9.17, 15) is 9.90 Å². The van der Waals surface area contributed by atoms with E-state index < -0.39 is 5.60 Å². The SMILES string of the molecule is Cc1nn(CCC#N)c(C)c1CCC(=O)NCC(C)(O)C(C)C. The molecule has 0 saturated carbocycles. The molecular formula is C17H28N4O2. The van der Waals surface area contributed by atoms with Crippen molar-refractivity contribution in [3.63, 3.8) is 0 Å². The molecule has 0 saturated heterocycles. The Morgan fingerprint density at radius 2 is 2.13 bits per heavy atom. The third-order valence-electron chi connectivity index (χ3n) is 4.46. The van der Waals surface area contributed by atoms with E-state index in [2.05, 4.69) is 16.5 Å². The molecule has 1 aromatic heterocycles. The molecule has 0 bridgehead atoms. The number of aryl methyl sites for hydroxylation is 2. The van der Waals surface area contributed by atoms with Crippen LogP contribution >= 0.6 is 0 Å². The van der Waals surface area contributed by atoms with E-state index in [0.29, 0.717) is 25.8 Å². The van der Waals surface area contributed by atoms with Gasteiger partial charge in [0.05, 0.1) is 30.3 Å². The van der Waals surface area contributed by atoms with Gasteiger partial charge in [0.2, 0.25) is 5.91 Å². The van der Waals surface area contributed by atoms with Crippen LogP contribution in [-0.2, 0) is 17.8 Å². The molecule has 6 heteroatoms. The predicted molar refractivity (Wildman–Crippen MR) is 88.7 cm³/mol. The summed E-state index contributed by atoms with van der Waals surface area (Å²) in [4.78, 5) is 12.0. The fourth-order valence-corrected chi connectivity index (χ4v) is 2.28. The summed E-state index contributed by atoms with van der Waals surface area (Å²) in [6.45, 7) is 10.3. The van der Waals surface area contributed by atoms with Gasteiger partial charge in [-0.25, -0.2) is 0 Å². The standard InChI is InChI=1S/C17H28N4O2/c1-12(2)17(5,23)11-19-16(22)8-7-15-13(3)20-21(14(15)4)10-6-9-18/h12,23H,6-8,10-11H2,1-5H3,(H,19,22). The number of nitriles is 1.